The minimum absolute atomic E-state index is 0.302. The van der Waals surface area contributed by atoms with Gasteiger partial charge < -0.3 is 15.0 Å². The van der Waals surface area contributed by atoms with Gasteiger partial charge in [0.15, 0.2) is 6.04 Å². The molecule has 0 spiro atoms. The Labute approximate surface area is 198 Å². The molecule has 1 aliphatic heterocycles. The molecule has 0 aromatic heterocycles. The average Bonchev–Trinajstić information content (AvgIpc) is 2.89. The van der Waals surface area contributed by atoms with Crippen LogP contribution in [0.5, 0.6) is 0 Å². The Hall–Kier alpha value is -3.71. The molecule has 1 atom stereocenters. The summed E-state index contributed by atoms with van der Waals surface area (Å²) in [5.74, 6) is 4.13. The van der Waals surface area contributed by atoms with Crippen molar-refractivity contribution in [2.75, 3.05) is 46.9 Å². The van der Waals surface area contributed by atoms with Crippen LogP contribution < -0.4 is 10.8 Å². The van der Waals surface area contributed by atoms with Crippen molar-refractivity contribution in [3.05, 3.63) is 59.7 Å². The zero-order valence-electron chi connectivity index (χ0n) is 19.2. The van der Waals surface area contributed by atoms with Gasteiger partial charge >= 0.3 is 0 Å². The van der Waals surface area contributed by atoms with Gasteiger partial charge in [0, 0.05) is 38.3 Å². The number of ether oxygens (including phenoxy) is 1. The second-order valence-electron chi connectivity index (χ2n) is 7.75. The number of benzene rings is 2. The molecule has 0 saturated carbocycles. The molecule has 1 unspecified atom stereocenters. The number of likely N-dealkylation sites (N-methyl/N-ethyl adjacent to an activating group) is 2. The number of morpholine rings is 1. The predicted octanol–water partition coefficient (Wildman–Crippen LogP) is 0.729. The van der Waals surface area contributed by atoms with E-state index in [1.807, 2.05) is 24.3 Å². The van der Waals surface area contributed by atoms with Crippen molar-refractivity contribution in [1.29, 1.82) is 0 Å². The first kappa shape index (κ1) is 24.9. The number of hydrogen-bond donors (Lipinski definition) is 3. The summed E-state index contributed by atoms with van der Waals surface area (Å²) in [6, 6.07) is 13.2. The van der Waals surface area contributed by atoms with E-state index >= 15 is 0 Å². The van der Waals surface area contributed by atoms with E-state index in [9.17, 15) is 14.4 Å². The lowest BCUT2D eigenvalue weighted by Gasteiger charge is -2.25. The van der Waals surface area contributed by atoms with Crippen molar-refractivity contribution in [1.82, 2.24) is 20.6 Å². The Balaban J connectivity index is 1.66. The van der Waals surface area contributed by atoms with Crippen molar-refractivity contribution < 1.29 is 24.3 Å². The summed E-state index contributed by atoms with van der Waals surface area (Å²) in [6.07, 6.45) is 0. The number of carbonyl (C=O) groups excluding carboxylic acids is 3. The fourth-order valence-electron chi connectivity index (χ4n) is 3.55. The van der Waals surface area contributed by atoms with E-state index in [4.69, 9.17) is 9.94 Å². The fourth-order valence-corrected chi connectivity index (χ4v) is 3.55. The summed E-state index contributed by atoms with van der Waals surface area (Å²) >= 11 is 0. The monoisotopic (exact) mass is 464 g/mol. The van der Waals surface area contributed by atoms with Crippen molar-refractivity contribution in [3.63, 3.8) is 0 Å². The van der Waals surface area contributed by atoms with Gasteiger partial charge in [0.05, 0.1) is 19.8 Å². The third-order valence-electron chi connectivity index (χ3n) is 5.55. The molecule has 3 N–H and O–H groups in total. The Morgan fingerprint density at radius 3 is 2.18 bits per heavy atom. The highest BCUT2D eigenvalue weighted by molar-refractivity contribution is 6.08. The van der Waals surface area contributed by atoms with Crippen LogP contribution in [0.1, 0.15) is 15.9 Å². The third kappa shape index (κ3) is 6.20. The normalized spacial score (nSPS) is 14.3. The van der Waals surface area contributed by atoms with E-state index in [0.717, 1.165) is 54.4 Å². The van der Waals surface area contributed by atoms with Crippen LogP contribution in [0, 0.1) is 11.8 Å². The Kier molecular flexibility index (Phi) is 8.76. The highest BCUT2D eigenvalue weighted by Crippen LogP contribution is 2.21. The standard InChI is InChI=1S/C25H28N4O5/c1-26-23(30)22(24(31)27-33)28(2)25(32)21-11-9-20(10-12-21)19-7-5-18(6-8-19)4-3-13-29-14-16-34-17-15-29/h5-12,22,33H,13-17H2,1-2H3,(H,26,30)(H,27,31). The first-order valence-corrected chi connectivity index (χ1v) is 10.9. The lowest BCUT2D eigenvalue weighted by Crippen LogP contribution is -2.54. The Bertz CT molecular complexity index is 1050. The molecule has 1 heterocycles. The lowest BCUT2D eigenvalue weighted by molar-refractivity contribution is -0.140. The highest BCUT2D eigenvalue weighted by atomic mass is 16.5. The van der Waals surface area contributed by atoms with E-state index in [0.29, 0.717) is 5.56 Å². The van der Waals surface area contributed by atoms with Gasteiger partial charge in [-0.1, -0.05) is 36.1 Å². The van der Waals surface area contributed by atoms with Gasteiger partial charge in [0.2, 0.25) is 0 Å². The largest absolute Gasteiger partial charge is 0.379 e. The van der Waals surface area contributed by atoms with E-state index in [-0.39, 0.29) is 0 Å². The number of rotatable bonds is 6. The maximum atomic E-state index is 12.8. The fraction of sp³-hybridized carbons (Fsp3) is 0.320. The summed E-state index contributed by atoms with van der Waals surface area (Å²) < 4.78 is 5.34. The van der Waals surface area contributed by atoms with Gasteiger partial charge in [-0.2, -0.15) is 0 Å². The maximum absolute atomic E-state index is 12.8. The summed E-state index contributed by atoms with van der Waals surface area (Å²) in [4.78, 5) is 39.9. The molecule has 9 heteroatoms. The Morgan fingerprint density at radius 1 is 1.03 bits per heavy atom. The number of amides is 3. The second-order valence-corrected chi connectivity index (χ2v) is 7.75. The lowest BCUT2D eigenvalue weighted by atomic mass is 10.0. The molecule has 1 fully saturated rings. The van der Waals surface area contributed by atoms with Crippen molar-refractivity contribution >= 4 is 17.7 Å². The molecule has 0 aliphatic carbocycles. The van der Waals surface area contributed by atoms with Gasteiger partial charge in [-0.15, -0.1) is 0 Å². The molecule has 178 valence electrons. The summed E-state index contributed by atoms with van der Waals surface area (Å²) in [5, 5.41) is 11.2. The molecule has 2 aromatic rings. The summed E-state index contributed by atoms with van der Waals surface area (Å²) in [5.41, 5.74) is 4.52. The van der Waals surface area contributed by atoms with E-state index in [2.05, 4.69) is 22.1 Å². The zero-order chi connectivity index (χ0) is 24.5. The van der Waals surface area contributed by atoms with Crippen LogP contribution in [0.4, 0.5) is 0 Å². The zero-order valence-corrected chi connectivity index (χ0v) is 19.2. The van der Waals surface area contributed by atoms with Gasteiger partial charge in [-0.05, 0) is 35.4 Å². The molecule has 0 bridgehead atoms. The topological polar surface area (TPSA) is 111 Å². The molecule has 3 amide bonds. The maximum Gasteiger partial charge on any atom is 0.275 e. The molecule has 9 nitrogen and oxygen atoms in total. The number of hydroxylamine groups is 1. The molecule has 1 saturated heterocycles. The van der Waals surface area contributed by atoms with Crippen molar-refractivity contribution in [2.24, 2.45) is 0 Å². The minimum Gasteiger partial charge on any atom is -0.379 e. The van der Waals surface area contributed by atoms with Crippen molar-refractivity contribution in [2.45, 2.75) is 6.04 Å². The van der Waals surface area contributed by atoms with Crippen LogP contribution in [-0.2, 0) is 14.3 Å². The van der Waals surface area contributed by atoms with Crippen LogP contribution >= 0.6 is 0 Å². The number of carbonyl (C=O) groups is 3. The third-order valence-corrected chi connectivity index (χ3v) is 5.55. The van der Waals surface area contributed by atoms with Crippen molar-refractivity contribution in [3.8, 4) is 23.0 Å². The summed E-state index contributed by atoms with van der Waals surface area (Å²) in [7, 11) is 2.66. The summed E-state index contributed by atoms with van der Waals surface area (Å²) in [6.45, 7) is 4.04. The molecule has 3 rings (SSSR count). The average molecular weight is 465 g/mol. The SMILES string of the molecule is CNC(=O)C(C(=O)NO)N(C)C(=O)c1ccc(-c2ccc(C#CCN3CCOCC3)cc2)cc1. The first-order chi connectivity index (χ1) is 16.4. The van der Waals surface area contributed by atoms with E-state index < -0.39 is 23.8 Å². The molecule has 1 aliphatic rings. The smallest absolute Gasteiger partial charge is 0.275 e. The van der Waals surface area contributed by atoms with Gasteiger partial charge in [-0.25, -0.2) is 5.48 Å². The number of nitrogens with one attached hydrogen (secondary N) is 2. The van der Waals surface area contributed by atoms with Crippen LogP contribution in [0.3, 0.4) is 0 Å². The van der Waals surface area contributed by atoms with Crippen LogP contribution in [-0.4, -0.2) is 85.7 Å². The molecular weight excluding hydrogens is 436 g/mol. The molecule has 0 radical (unpaired) electrons. The minimum atomic E-state index is -1.50. The van der Waals surface area contributed by atoms with E-state index in [1.165, 1.54) is 19.6 Å². The number of nitrogens with zero attached hydrogens (tertiary/aromatic N) is 2. The molecule has 2 aromatic carbocycles. The van der Waals surface area contributed by atoms with Crippen LogP contribution in [0.25, 0.3) is 11.1 Å². The second kappa shape index (κ2) is 12.0. The van der Waals surface area contributed by atoms with Crippen LogP contribution in [0.2, 0.25) is 0 Å². The highest BCUT2D eigenvalue weighted by Gasteiger charge is 2.33. The first-order valence-electron chi connectivity index (χ1n) is 10.9. The van der Waals surface area contributed by atoms with Gasteiger partial charge in [-0.3, -0.25) is 24.5 Å². The van der Waals surface area contributed by atoms with Gasteiger partial charge in [0.1, 0.15) is 0 Å². The van der Waals surface area contributed by atoms with Gasteiger partial charge in [0.25, 0.3) is 17.7 Å². The number of hydrogen-bond acceptors (Lipinski definition) is 6. The quantitative estimate of drug-likeness (QED) is 0.252. The van der Waals surface area contributed by atoms with E-state index in [1.54, 1.807) is 24.3 Å². The Morgan fingerprint density at radius 2 is 1.62 bits per heavy atom. The predicted molar refractivity (Wildman–Crippen MR) is 126 cm³/mol. The van der Waals surface area contributed by atoms with Crippen LogP contribution in [0.15, 0.2) is 48.5 Å². The molecular formula is C25H28N4O5. The molecule has 34 heavy (non-hydrogen) atoms.